The first kappa shape index (κ1) is 22.2. The molecule has 0 atom stereocenters. The van der Waals surface area contributed by atoms with Gasteiger partial charge in [0.1, 0.15) is 0 Å². The molecule has 1 aromatic carbocycles. The van der Waals surface area contributed by atoms with E-state index in [1.165, 1.54) is 16.7 Å². The molecule has 1 fully saturated rings. The van der Waals surface area contributed by atoms with Crippen molar-refractivity contribution in [2.24, 2.45) is 0 Å². The number of rotatable bonds is 7. The van der Waals surface area contributed by atoms with Crippen molar-refractivity contribution in [2.75, 3.05) is 26.2 Å². The van der Waals surface area contributed by atoms with Crippen LogP contribution >= 0.6 is 0 Å². The van der Waals surface area contributed by atoms with Gasteiger partial charge in [0.05, 0.1) is 6.61 Å². The first-order valence-corrected chi connectivity index (χ1v) is 13.7. The summed E-state index contributed by atoms with van der Waals surface area (Å²) in [4.78, 5) is 9.30. The maximum absolute atomic E-state index is 6.35. The molecular weight excluding hydrogens is 374 g/mol. The summed E-state index contributed by atoms with van der Waals surface area (Å²) in [6.45, 7) is 18.7. The van der Waals surface area contributed by atoms with Crippen molar-refractivity contribution in [1.29, 1.82) is 0 Å². The van der Waals surface area contributed by atoms with Gasteiger partial charge in [-0.2, -0.15) is 0 Å². The Hall–Kier alpha value is -1.53. The summed E-state index contributed by atoms with van der Waals surface area (Å²) < 4.78 is 6.35. The lowest BCUT2D eigenvalue weighted by Gasteiger charge is -2.36. The molecule has 0 aliphatic carbocycles. The van der Waals surface area contributed by atoms with Crippen LogP contribution in [0.3, 0.4) is 0 Å². The first-order chi connectivity index (χ1) is 13.7. The van der Waals surface area contributed by atoms with E-state index in [0.717, 1.165) is 45.9 Å². The molecule has 5 heteroatoms. The Morgan fingerprint density at radius 2 is 1.41 bits per heavy atom. The van der Waals surface area contributed by atoms with Crippen LogP contribution in [-0.4, -0.2) is 49.3 Å². The molecule has 1 saturated heterocycles. The van der Waals surface area contributed by atoms with Gasteiger partial charge in [0.2, 0.25) is 0 Å². The van der Waals surface area contributed by atoms with Gasteiger partial charge in [0, 0.05) is 51.7 Å². The molecule has 4 nitrogen and oxygen atoms in total. The highest BCUT2D eigenvalue weighted by Gasteiger charge is 2.36. The zero-order chi connectivity index (χ0) is 20.9. The number of piperazine rings is 1. The molecule has 1 aliphatic heterocycles. The van der Waals surface area contributed by atoms with Crippen LogP contribution in [-0.2, 0) is 24.1 Å². The molecule has 1 aliphatic rings. The van der Waals surface area contributed by atoms with E-state index in [4.69, 9.17) is 4.43 Å². The Bertz CT molecular complexity index is 748. The maximum Gasteiger partial charge on any atom is 0.192 e. The van der Waals surface area contributed by atoms with Gasteiger partial charge in [-0.15, -0.1) is 0 Å². The van der Waals surface area contributed by atoms with Crippen molar-refractivity contribution in [3.05, 3.63) is 65.5 Å². The van der Waals surface area contributed by atoms with Gasteiger partial charge >= 0.3 is 0 Å². The van der Waals surface area contributed by atoms with Gasteiger partial charge in [-0.3, -0.25) is 14.8 Å². The van der Waals surface area contributed by atoms with E-state index >= 15 is 0 Å². The van der Waals surface area contributed by atoms with Crippen LogP contribution in [0.2, 0.25) is 18.1 Å². The van der Waals surface area contributed by atoms with Crippen LogP contribution < -0.4 is 0 Å². The summed E-state index contributed by atoms with van der Waals surface area (Å²) in [5.41, 5.74) is 3.97. The molecule has 3 rings (SSSR count). The highest BCUT2D eigenvalue weighted by atomic mass is 28.4. The molecule has 0 saturated carbocycles. The van der Waals surface area contributed by atoms with Gasteiger partial charge < -0.3 is 4.43 Å². The molecular formula is C24H37N3OSi. The van der Waals surface area contributed by atoms with E-state index in [-0.39, 0.29) is 5.04 Å². The van der Waals surface area contributed by atoms with Crippen LogP contribution in [0.5, 0.6) is 0 Å². The van der Waals surface area contributed by atoms with Gasteiger partial charge in [-0.05, 0) is 40.9 Å². The summed E-state index contributed by atoms with van der Waals surface area (Å²) in [5.74, 6) is 0. The fourth-order valence-corrected chi connectivity index (χ4v) is 4.30. The average molecular weight is 412 g/mol. The monoisotopic (exact) mass is 411 g/mol. The summed E-state index contributed by atoms with van der Waals surface area (Å²) in [5, 5.41) is 0.256. The molecule has 0 radical (unpaired) electrons. The Morgan fingerprint density at radius 1 is 0.862 bits per heavy atom. The fraction of sp³-hybridized carbons (Fsp3) is 0.542. The highest BCUT2D eigenvalue weighted by molar-refractivity contribution is 6.74. The topological polar surface area (TPSA) is 28.6 Å². The minimum atomic E-state index is -1.69. The van der Waals surface area contributed by atoms with Crippen LogP contribution in [0.15, 0.2) is 48.8 Å². The number of hydrogen-bond acceptors (Lipinski definition) is 4. The smallest absolute Gasteiger partial charge is 0.192 e. The van der Waals surface area contributed by atoms with E-state index in [2.05, 4.69) is 79.0 Å². The zero-order valence-electron chi connectivity index (χ0n) is 18.8. The molecule has 0 spiro atoms. The van der Waals surface area contributed by atoms with E-state index < -0.39 is 8.32 Å². The van der Waals surface area contributed by atoms with E-state index in [9.17, 15) is 0 Å². The van der Waals surface area contributed by atoms with Crippen LogP contribution in [0, 0.1) is 0 Å². The van der Waals surface area contributed by atoms with Gasteiger partial charge in [0.15, 0.2) is 8.32 Å². The van der Waals surface area contributed by atoms with E-state index in [0.29, 0.717) is 0 Å². The van der Waals surface area contributed by atoms with Crippen molar-refractivity contribution >= 4 is 8.32 Å². The fourth-order valence-electron chi connectivity index (χ4n) is 3.33. The predicted octanol–water partition coefficient (Wildman–Crippen LogP) is 4.92. The second-order valence-corrected chi connectivity index (χ2v) is 14.6. The molecule has 2 aromatic rings. The summed E-state index contributed by atoms with van der Waals surface area (Å²) in [6.07, 6.45) is 3.81. The quantitative estimate of drug-likeness (QED) is 0.605. The predicted molar refractivity (Wildman–Crippen MR) is 123 cm³/mol. The van der Waals surface area contributed by atoms with Gasteiger partial charge in [0.25, 0.3) is 0 Å². The first-order valence-electron chi connectivity index (χ1n) is 10.8. The second-order valence-electron chi connectivity index (χ2n) is 9.78. The van der Waals surface area contributed by atoms with Crippen molar-refractivity contribution in [2.45, 2.75) is 58.6 Å². The average Bonchev–Trinajstić information content (AvgIpc) is 2.69. The lowest BCUT2D eigenvalue weighted by atomic mass is 10.1. The van der Waals surface area contributed by atoms with E-state index in [1.807, 2.05) is 18.5 Å². The number of hydrogen-bond donors (Lipinski definition) is 0. The third kappa shape index (κ3) is 6.47. The minimum Gasteiger partial charge on any atom is -0.413 e. The standard InChI is InChI=1S/C24H37N3OSi/c1-24(2,3)29(4,5)28-20-22-10-8-21(9-11-22)18-26-13-15-27(16-14-26)19-23-7-6-12-25-17-23/h6-12,17H,13-16,18-20H2,1-5H3. The lowest BCUT2D eigenvalue weighted by molar-refractivity contribution is 0.122. The molecule has 0 bridgehead atoms. The SMILES string of the molecule is CC(C)(C)[Si](C)(C)OCc1ccc(CN2CCN(Cc3cccnc3)CC2)cc1. The Kier molecular flexibility index (Phi) is 7.27. The minimum absolute atomic E-state index is 0.256. The third-order valence-corrected chi connectivity index (χ3v) is 10.9. The number of nitrogens with zero attached hydrogens (tertiary/aromatic N) is 3. The molecule has 0 unspecified atom stereocenters. The van der Waals surface area contributed by atoms with Crippen molar-refractivity contribution in [3.8, 4) is 0 Å². The summed E-state index contributed by atoms with van der Waals surface area (Å²) in [7, 11) is -1.69. The summed E-state index contributed by atoms with van der Waals surface area (Å²) >= 11 is 0. The molecule has 2 heterocycles. The van der Waals surface area contributed by atoms with E-state index in [1.54, 1.807) is 0 Å². The van der Waals surface area contributed by atoms with Crippen LogP contribution in [0.1, 0.15) is 37.5 Å². The van der Waals surface area contributed by atoms with Crippen molar-refractivity contribution < 1.29 is 4.43 Å². The van der Waals surface area contributed by atoms with Gasteiger partial charge in [-0.25, -0.2) is 0 Å². The maximum atomic E-state index is 6.35. The second kappa shape index (κ2) is 9.52. The Balaban J connectivity index is 1.43. The van der Waals surface area contributed by atoms with Crippen molar-refractivity contribution in [3.63, 3.8) is 0 Å². The third-order valence-electron chi connectivity index (χ3n) is 6.43. The molecule has 158 valence electrons. The largest absolute Gasteiger partial charge is 0.413 e. The highest BCUT2D eigenvalue weighted by Crippen LogP contribution is 2.37. The number of benzene rings is 1. The lowest BCUT2D eigenvalue weighted by Crippen LogP contribution is -2.45. The van der Waals surface area contributed by atoms with Gasteiger partial charge in [-0.1, -0.05) is 51.1 Å². The molecule has 0 amide bonds. The number of aromatic nitrogens is 1. The number of pyridine rings is 1. The van der Waals surface area contributed by atoms with Crippen LogP contribution in [0.4, 0.5) is 0 Å². The molecule has 0 N–H and O–H groups in total. The normalized spacial score (nSPS) is 16.9. The Morgan fingerprint density at radius 3 is 1.93 bits per heavy atom. The Labute approximate surface area is 178 Å². The molecule has 29 heavy (non-hydrogen) atoms. The summed E-state index contributed by atoms with van der Waals surface area (Å²) in [6, 6.07) is 13.2. The zero-order valence-corrected chi connectivity index (χ0v) is 19.8. The molecule has 1 aromatic heterocycles. The van der Waals surface area contributed by atoms with Crippen LogP contribution in [0.25, 0.3) is 0 Å². The van der Waals surface area contributed by atoms with Crippen molar-refractivity contribution in [1.82, 2.24) is 14.8 Å².